The van der Waals surface area contributed by atoms with E-state index in [2.05, 4.69) is 67.8 Å². The number of ether oxygens (including phenoxy) is 2. The first kappa shape index (κ1) is 59.1. The molecule has 1 fully saturated rings. The van der Waals surface area contributed by atoms with Gasteiger partial charge in [0.25, 0.3) is 0 Å². The summed E-state index contributed by atoms with van der Waals surface area (Å²) in [4.78, 5) is 13.1. The summed E-state index contributed by atoms with van der Waals surface area (Å²) in [5.74, 6) is -0.718. The number of aliphatic hydroxyl groups excluding tert-OH is 7. The smallest absolute Gasteiger partial charge is 0.249 e. The van der Waals surface area contributed by atoms with Crippen LogP contribution in [0.5, 0.6) is 0 Å². The molecule has 1 aliphatic rings. The molecule has 1 rings (SSSR count). The molecule has 0 spiro atoms. The molecule has 0 radical (unpaired) electrons. The largest absolute Gasteiger partial charge is 0.394 e. The number of hydrogen-bond donors (Lipinski definition) is 8. The molecular weight excluding hydrogens is 799 g/mol. The molecule has 0 aromatic rings. The van der Waals surface area contributed by atoms with Crippen molar-refractivity contribution in [3.8, 4) is 0 Å². The summed E-state index contributed by atoms with van der Waals surface area (Å²) < 4.78 is 11.1. The van der Waals surface area contributed by atoms with Crippen LogP contribution in [-0.4, -0.2) is 110 Å². The Morgan fingerprint density at radius 1 is 0.540 bits per heavy atom. The van der Waals surface area contributed by atoms with Crippen molar-refractivity contribution in [1.82, 2.24) is 5.32 Å². The lowest BCUT2D eigenvalue weighted by Gasteiger charge is -2.40. The zero-order valence-corrected chi connectivity index (χ0v) is 39.8. The minimum absolute atomic E-state index is 0.238. The van der Waals surface area contributed by atoms with Crippen LogP contribution in [0.4, 0.5) is 0 Å². The van der Waals surface area contributed by atoms with Crippen LogP contribution in [0.1, 0.15) is 206 Å². The molecule has 9 atom stereocenters. The van der Waals surface area contributed by atoms with Crippen molar-refractivity contribution >= 4 is 5.91 Å². The molecule has 1 amide bonds. The molecule has 0 aromatic carbocycles. The molecule has 0 aliphatic carbocycles. The Balaban J connectivity index is 2.43. The predicted molar refractivity (Wildman–Crippen MR) is 256 cm³/mol. The van der Waals surface area contributed by atoms with Crippen LogP contribution in [-0.2, 0) is 14.3 Å². The minimum atomic E-state index is -1.67. The standard InChI is InChI=1S/C52H95NO10/c1-3-5-7-9-11-13-15-17-19-21-22-23-24-26-28-30-32-34-36-38-40-45(56)51(61)53-43(42-62-52-50(60)49(59)48(58)46(41-54)63-52)47(57)44(55)39-37-35-33-31-29-27-25-20-18-16-14-12-10-8-6-4-2/h12,14,20,23-25,31,33,43-50,52,54-60H,3-11,13,15-19,21-22,26-30,32,34-42H2,1-2H3,(H,53,61)/b14-12+,24-23-,25-20+,33-31+. The highest BCUT2D eigenvalue weighted by atomic mass is 16.7. The van der Waals surface area contributed by atoms with E-state index in [1.54, 1.807) is 0 Å². The third kappa shape index (κ3) is 30.8. The Hall–Kier alpha value is -1.93. The molecular formula is C52H95NO10. The Bertz CT molecular complexity index is 1160. The van der Waals surface area contributed by atoms with E-state index >= 15 is 0 Å². The lowest BCUT2D eigenvalue weighted by Crippen LogP contribution is -2.60. The van der Waals surface area contributed by atoms with Crippen LogP contribution < -0.4 is 5.32 Å². The fourth-order valence-electron chi connectivity index (χ4n) is 7.82. The van der Waals surface area contributed by atoms with Gasteiger partial charge in [0.15, 0.2) is 6.29 Å². The molecule has 11 nitrogen and oxygen atoms in total. The fourth-order valence-corrected chi connectivity index (χ4v) is 7.82. The van der Waals surface area contributed by atoms with Crippen molar-refractivity contribution in [2.24, 2.45) is 0 Å². The van der Waals surface area contributed by atoms with Crippen molar-refractivity contribution in [3.63, 3.8) is 0 Å². The second-order valence-electron chi connectivity index (χ2n) is 17.9. The minimum Gasteiger partial charge on any atom is -0.394 e. The second kappa shape index (κ2) is 41.5. The molecule has 0 bridgehead atoms. The molecule has 1 aliphatic heterocycles. The SMILES string of the molecule is CCCCC/C=C/CC/C=C/CC/C=C/CCCC(O)C(O)C(COC1OC(CO)C(O)C(O)C1O)NC(=O)C(O)CCCCCCCC/C=C\CCCCCCCCCCCC. The Morgan fingerprint density at radius 2 is 0.952 bits per heavy atom. The molecule has 63 heavy (non-hydrogen) atoms. The van der Waals surface area contributed by atoms with E-state index in [-0.39, 0.29) is 12.8 Å². The summed E-state index contributed by atoms with van der Waals surface area (Å²) in [6.45, 7) is 3.39. The summed E-state index contributed by atoms with van der Waals surface area (Å²) in [6, 6.07) is -1.20. The summed E-state index contributed by atoms with van der Waals surface area (Å²) in [6.07, 6.45) is 38.7. The summed E-state index contributed by atoms with van der Waals surface area (Å²) in [5, 5.41) is 75.8. The maximum Gasteiger partial charge on any atom is 0.249 e. The van der Waals surface area contributed by atoms with Gasteiger partial charge in [0, 0.05) is 0 Å². The van der Waals surface area contributed by atoms with E-state index < -0.39 is 74.2 Å². The third-order valence-electron chi connectivity index (χ3n) is 12.1. The van der Waals surface area contributed by atoms with Crippen molar-refractivity contribution in [2.75, 3.05) is 13.2 Å². The number of nitrogens with one attached hydrogen (secondary N) is 1. The zero-order valence-electron chi connectivity index (χ0n) is 39.8. The molecule has 9 unspecified atom stereocenters. The number of unbranched alkanes of at least 4 members (excludes halogenated alkanes) is 22. The first-order valence-electron chi connectivity index (χ1n) is 25.5. The molecule has 0 saturated carbocycles. The maximum atomic E-state index is 13.1. The molecule has 368 valence electrons. The molecule has 0 aromatic heterocycles. The van der Waals surface area contributed by atoms with Crippen molar-refractivity contribution in [2.45, 2.75) is 262 Å². The molecule has 1 saturated heterocycles. The first-order valence-corrected chi connectivity index (χ1v) is 25.5. The number of hydrogen-bond acceptors (Lipinski definition) is 10. The highest BCUT2D eigenvalue weighted by Gasteiger charge is 2.44. The zero-order chi connectivity index (χ0) is 46.2. The van der Waals surface area contributed by atoms with Crippen molar-refractivity contribution in [1.29, 1.82) is 0 Å². The molecule has 11 heteroatoms. The fraction of sp³-hybridized carbons (Fsp3) is 0.827. The van der Waals surface area contributed by atoms with Crippen LogP contribution in [0.2, 0.25) is 0 Å². The highest BCUT2D eigenvalue weighted by molar-refractivity contribution is 5.80. The van der Waals surface area contributed by atoms with E-state index in [9.17, 15) is 40.5 Å². The van der Waals surface area contributed by atoms with Gasteiger partial charge < -0.3 is 50.5 Å². The van der Waals surface area contributed by atoms with Gasteiger partial charge in [0.1, 0.15) is 36.6 Å². The average molecular weight is 894 g/mol. The van der Waals surface area contributed by atoms with Gasteiger partial charge in [-0.1, -0.05) is 165 Å². The molecule has 8 N–H and O–H groups in total. The lowest BCUT2D eigenvalue weighted by molar-refractivity contribution is -0.303. The summed E-state index contributed by atoms with van der Waals surface area (Å²) >= 11 is 0. The van der Waals surface area contributed by atoms with Crippen LogP contribution in [0, 0.1) is 0 Å². The monoisotopic (exact) mass is 894 g/mol. The highest BCUT2D eigenvalue weighted by Crippen LogP contribution is 2.23. The average Bonchev–Trinajstić information content (AvgIpc) is 3.28. The van der Waals surface area contributed by atoms with Gasteiger partial charge in [0.2, 0.25) is 5.91 Å². The first-order chi connectivity index (χ1) is 30.7. The Kier molecular flexibility index (Phi) is 38.9. The number of rotatable bonds is 42. The number of allylic oxidation sites excluding steroid dienone is 8. The normalized spacial score (nSPS) is 21.6. The van der Waals surface area contributed by atoms with Crippen LogP contribution in [0.15, 0.2) is 48.6 Å². The predicted octanol–water partition coefficient (Wildman–Crippen LogP) is 9.34. The number of carbonyl (C=O) groups excluding carboxylic acids is 1. The number of amides is 1. The van der Waals surface area contributed by atoms with Gasteiger partial charge in [-0.15, -0.1) is 0 Å². The van der Waals surface area contributed by atoms with Crippen LogP contribution in [0.3, 0.4) is 0 Å². The van der Waals surface area contributed by atoms with E-state index in [4.69, 9.17) is 9.47 Å². The van der Waals surface area contributed by atoms with Crippen molar-refractivity contribution in [3.05, 3.63) is 48.6 Å². The quantitative estimate of drug-likeness (QED) is 0.0217. The Morgan fingerprint density at radius 3 is 1.44 bits per heavy atom. The van der Waals surface area contributed by atoms with Crippen molar-refractivity contribution < 1.29 is 50.0 Å². The third-order valence-corrected chi connectivity index (χ3v) is 12.1. The van der Waals surface area contributed by atoms with Gasteiger partial charge >= 0.3 is 0 Å². The summed E-state index contributed by atoms with van der Waals surface area (Å²) in [7, 11) is 0. The Labute approximate surface area is 383 Å². The van der Waals surface area contributed by atoms with Gasteiger partial charge in [-0.3, -0.25) is 4.79 Å². The van der Waals surface area contributed by atoms with Gasteiger partial charge in [-0.25, -0.2) is 0 Å². The second-order valence-corrected chi connectivity index (χ2v) is 17.9. The number of carbonyl (C=O) groups is 1. The molecule has 1 heterocycles. The summed E-state index contributed by atoms with van der Waals surface area (Å²) in [5.41, 5.74) is 0. The maximum absolute atomic E-state index is 13.1. The van der Waals surface area contributed by atoms with Crippen LogP contribution >= 0.6 is 0 Å². The topological polar surface area (TPSA) is 189 Å². The lowest BCUT2D eigenvalue weighted by atomic mass is 9.98. The van der Waals surface area contributed by atoms with E-state index in [0.717, 1.165) is 70.6 Å². The van der Waals surface area contributed by atoms with Gasteiger partial charge in [0.05, 0.1) is 25.4 Å². The number of aliphatic hydroxyl groups is 7. The van der Waals surface area contributed by atoms with E-state index in [0.29, 0.717) is 19.3 Å². The van der Waals surface area contributed by atoms with E-state index in [1.165, 1.54) is 89.9 Å². The van der Waals surface area contributed by atoms with Gasteiger partial charge in [-0.2, -0.15) is 0 Å². The van der Waals surface area contributed by atoms with Crippen LogP contribution in [0.25, 0.3) is 0 Å². The van der Waals surface area contributed by atoms with Gasteiger partial charge in [-0.05, 0) is 89.9 Å². The van der Waals surface area contributed by atoms with E-state index in [1.807, 2.05) is 0 Å².